The van der Waals surface area contributed by atoms with Crippen LogP contribution in [0.5, 0.6) is 0 Å². The number of unbranched alkanes of at least 4 members (excludes halogenated alkanes) is 1. The molecule has 4 N–H and O–H groups in total. The number of alkyl halides is 2. The molecule has 1 aliphatic heterocycles. The topological polar surface area (TPSA) is 178 Å². The number of alkyl carbamates (subject to hydrolysis) is 1. The first-order valence-electron chi connectivity index (χ1n) is 23.5. The van der Waals surface area contributed by atoms with E-state index >= 15 is 8.78 Å². The van der Waals surface area contributed by atoms with Crippen LogP contribution in [0.2, 0.25) is 0 Å². The highest BCUT2D eigenvalue weighted by Gasteiger charge is 2.80. The minimum absolute atomic E-state index is 0.0111. The minimum Gasteiger partial charge on any atom is -0.444 e. The van der Waals surface area contributed by atoms with Gasteiger partial charge in [-0.15, -0.1) is 0 Å². The summed E-state index contributed by atoms with van der Waals surface area (Å²) < 4.78 is 52.2. The Morgan fingerprint density at radius 3 is 2.42 bits per heavy atom. The Hall–Kier alpha value is -4.63. The summed E-state index contributed by atoms with van der Waals surface area (Å²) in [6, 6.07) is 14.9. The molecule has 2 aromatic rings. The molecule has 4 fully saturated rings. The molecule has 4 aliphatic carbocycles. The Bertz CT molecular complexity index is 2260. The molecule has 2 amide bonds. The van der Waals surface area contributed by atoms with Gasteiger partial charge < -0.3 is 35.1 Å². The Morgan fingerprint density at radius 1 is 1.02 bits per heavy atom. The number of carbonyl (C=O) groups excluding carboxylic acids is 5. The zero-order valence-electron chi connectivity index (χ0n) is 39.2. The number of ether oxygens (including phenoxy) is 3. The van der Waals surface area contributed by atoms with Gasteiger partial charge in [-0.05, 0) is 120 Å². The van der Waals surface area contributed by atoms with Crippen LogP contribution >= 0.6 is 0 Å². The van der Waals surface area contributed by atoms with Crippen molar-refractivity contribution in [2.45, 2.75) is 148 Å². The van der Waals surface area contributed by atoms with Crippen molar-refractivity contribution < 1.29 is 57.2 Å². The van der Waals surface area contributed by atoms with Gasteiger partial charge in [0.15, 0.2) is 29.1 Å². The smallest absolute Gasteiger partial charge is 0.407 e. The standard InChI is InChI=1S/C52H66F2N2O10/c1-8-30(2)41(59)24-34(13-9-10-21-55-47(63)66-48(3,4)5)45(62)56-35-14-11-12-32(23-35)22-31-15-17-33(18-16-31)46-64-44-27-37-38-26-40(53)39-25-36(58)19-20-49(39,6)51(38,54)42(60)28-50(37,7)52(44,65-46)43(61)29-57/h11-12,14-20,23,25,30,34,37-38,40,42,44,46,57,60H,8-10,13,21-22,24,26-29H2,1-7H3,(H,55,63)(H,56,62)/t30-,34+,37-,38-,40-,42-,44+,46+,49-,50-,51-,52+/m0/s1. The van der Waals surface area contributed by atoms with Crippen molar-refractivity contribution >= 4 is 35.0 Å². The third kappa shape index (κ3) is 8.95. The third-order valence-corrected chi connectivity index (χ3v) is 15.4. The summed E-state index contributed by atoms with van der Waals surface area (Å²) in [5, 5.41) is 27.9. The van der Waals surface area contributed by atoms with Gasteiger partial charge in [0.1, 0.15) is 24.2 Å². The predicted octanol–water partition coefficient (Wildman–Crippen LogP) is 8.18. The average Bonchev–Trinajstić information content (AvgIpc) is 3.76. The zero-order chi connectivity index (χ0) is 48.0. The largest absolute Gasteiger partial charge is 0.444 e. The molecule has 2 aromatic carbocycles. The van der Waals surface area contributed by atoms with Crippen molar-refractivity contribution in [2.24, 2.45) is 34.5 Å². The molecule has 0 spiro atoms. The molecule has 5 aliphatic rings. The molecule has 1 heterocycles. The van der Waals surface area contributed by atoms with Crippen LogP contribution in [0.25, 0.3) is 0 Å². The highest BCUT2D eigenvalue weighted by atomic mass is 19.1. The second-order valence-corrected chi connectivity index (χ2v) is 20.7. The minimum atomic E-state index is -2.34. The van der Waals surface area contributed by atoms with E-state index < -0.39 is 94.4 Å². The second kappa shape index (κ2) is 18.8. The lowest BCUT2D eigenvalue weighted by Gasteiger charge is -2.63. The number of allylic oxidation sites excluding steroid dienone is 4. The molecule has 66 heavy (non-hydrogen) atoms. The molecule has 0 radical (unpaired) electrons. The van der Waals surface area contributed by atoms with Crippen LogP contribution in [0.3, 0.4) is 0 Å². The van der Waals surface area contributed by atoms with E-state index in [0.29, 0.717) is 49.9 Å². The molecule has 1 saturated heterocycles. The average molecular weight is 917 g/mol. The normalized spacial score (nSPS) is 33.1. The lowest BCUT2D eigenvalue weighted by molar-refractivity contribution is -0.235. The summed E-state index contributed by atoms with van der Waals surface area (Å²) in [5.41, 5.74) is -4.45. The maximum Gasteiger partial charge on any atom is 0.407 e. The van der Waals surface area contributed by atoms with Gasteiger partial charge in [0, 0.05) is 52.8 Å². The number of carbonyl (C=O) groups is 5. The molecule has 0 unspecified atom stereocenters. The Balaban J connectivity index is 1.01. The fraction of sp³-hybridized carbons (Fsp3) is 0.596. The summed E-state index contributed by atoms with van der Waals surface area (Å²) in [4.78, 5) is 65.0. The molecular formula is C52H66F2N2O10. The SMILES string of the molecule is CC[C@H](C)C(=O)C[C@@H](CCCCNC(=O)OC(C)(C)C)C(=O)Nc1cccc(Cc2ccc([C@@H]3O[C@@H]4C[C@H]5[C@@H]6C[C@H](F)C7=CC(=O)C=C[C@]7(C)[C@@]6(F)[C@@H](O)C[C@]5(C)[C@]4(C(=O)CO)O3)cc2)c1. The van der Waals surface area contributed by atoms with Crippen molar-refractivity contribution in [1.29, 1.82) is 0 Å². The maximum atomic E-state index is 17.8. The number of nitrogens with one attached hydrogen (secondary N) is 2. The first-order valence-corrected chi connectivity index (χ1v) is 23.5. The maximum absolute atomic E-state index is 17.8. The summed E-state index contributed by atoms with van der Waals surface area (Å²) in [5.74, 6) is -3.71. The van der Waals surface area contributed by atoms with Gasteiger partial charge in [-0.1, -0.05) is 69.7 Å². The van der Waals surface area contributed by atoms with Crippen LogP contribution < -0.4 is 10.6 Å². The summed E-state index contributed by atoms with van der Waals surface area (Å²) >= 11 is 0. The number of amides is 2. The highest BCUT2D eigenvalue weighted by Crippen LogP contribution is 2.72. The van der Waals surface area contributed by atoms with Crippen LogP contribution in [0.1, 0.15) is 123 Å². The first-order chi connectivity index (χ1) is 31.1. The Morgan fingerprint density at radius 2 is 1.74 bits per heavy atom. The molecule has 0 aromatic heterocycles. The van der Waals surface area contributed by atoms with Crippen LogP contribution in [0.4, 0.5) is 19.3 Å². The number of rotatable bonds is 16. The van der Waals surface area contributed by atoms with Gasteiger partial charge in [-0.3, -0.25) is 19.2 Å². The van der Waals surface area contributed by atoms with Gasteiger partial charge in [0.05, 0.1) is 12.2 Å². The quantitative estimate of drug-likeness (QED) is 0.120. The number of aliphatic hydroxyl groups is 2. The lowest BCUT2D eigenvalue weighted by atomic mass is 9.44. The number of hydrogen-bond donors (Lipinski definition) is 4. The number of hydrogen-bond acceptors (Lipinski definition) is 10. The summed E-state index contributed by atoms with van der Waals surface area (Å²) in [6.07, 6.45) is 0.669. The molecule has 12 atom stereocenters. The van der Waals surface area contributed by atoms with Crippen LogP contribution in [-0.4, -0.2) is 88.0 Å². The van der Waals surface area contributed by atoms with E-state index in [1.165, 1.54) is 19.1 Å². The Kier molecular flexibility index (Phi) is 14.0. The van der Waals surface area contributed by atoms with Crippen LogP contribution in [0.15, 0.2) is 72.3 Å². The summed E-state index contributed by atoms with van der Waals surface area (Å²) in [6.45, 7) is 12.0. The predicted molar refractivity (Wildman–Crippen MR) is 243 cm³/mol. The molecular weight excluding hydrogens is 851 g/mol. The summed E-state index contributed by atoms with van der Waals surface area (Å²) in [7, 11) is 0. The number of anilines is 1. The van der Waals surface area contributed by atoms with Gasteiger partial charge >= 0.3 is 6.09 Å². The zero-order valence-corrected chi connectivity index (χ0v) is 39.2. The fourth-order valence-corrected chi connectivity index (χ4v) is 11.8. The second-order valence-electron chi connectivity index (χ2n) is 20.7. The highest BCUT2D eigenvalue weighted by molar-refractivity contribution is 6.01. The number of halogens is 2. The van der Waals surface area contributed by atoms with Crippen molar-refractivity contribution in [2.75, 3.05) is 18.5 Å². The van der Waals surface area contributed by atoms with E-state index in [2.05, 4.69) is 10.6 Å². The van der Waals surface area contributed by atoms with E-state index in [4.69, 9.17) is 14.2 Å². The number of benzene rings is 2. The molecule has 14 heteroatoms. The van der Waals surface area contributed by atoms with Crippen LogP contribution in [-0.2, 0) is 39.8 Å². The molecule has 7 rings (SSSR count). The fourth-order valence-electron chi connectivity index (χ4n) is 11.8. The van der Waals surface area contributed by atoms with Crippen molar-refractivity contribution in [3.8, 4) is 0 Å². The van der Waals surface area contributed by atoms with Gasteiger partial charge in [-0.25, -0.2) is 13.6 Å². The van der Waals surface area contributed by atoms with E-state index in [1.54, 1.807) is 33.8 Å². The number of aliphatic hydroxyl groups excluding tert-OH is 2. The molecule has 3 saturated carbocycles. The van der Waals surface area contributed by atoms with Crippen molar-refractivity contribution in [1.82, 2.24) is 5.32 Å². The van der Waals surface area contributed by atoms with Crippen molar-refractivity contribution in [3.05, 3.63) is 89.0 Å². The number of ketones is 3. The molecule has 12 nitrogen and oxygen atoms in total. The van der Waals surface area contributed by atoms with Crippen molar-refractivity contribution in [3.63, 3.8) is 0 Å². The molecule has 0 bridgehead atoms. The van der Waals surface area contributed by atoms with Gasteiger partial charge in [-0.2, -0.15) is 0 Å². The Labute approximate surface area is 386 Å². The van der Waals surface area contributed by atoms with E-state index in [9.17, 15) is 34.2 Å². The third-order valence-electron chi connectivity index (χ3n) is 15.4. The monoisotopic (exact) mass is 916 g/mol. The van der Waals surface area contributed by atoms with Gasteiger partial charge in [0.2, 0.25) is 5.91 Å². The van der Waals surface area contributed by atoms with E-state index in [1.807, 2.05) is 56.3 Å². The van der Waals surface area contributed by atoms with Crippen LogP contribution in [0, 0.1) is 34.5 Å². The van der Waals surface area contributed by atoms with E-state index in [-0.39, 0.29) is 48.9 Å². The first kappa shape index (κ1) is 49.3. The lowest BCUT2D eigenvalue weighted by Crippen LogP contribution is -2.70. The van der Waals surface area contributed by atoms with Gasteiger partial charge in [0.25, 0.3) is 0 Å². The molecule has 358 valence electrons. The van der Waals surface area contributed by atoms with E-state index in [0.717, 1.165) is 17.2 Å². The number of fused-ring (bicyclic) bond motifs is 7. The number of Topliss-reactive ketones (excluding diaryl/α,β-unsaturated/α-hetero) is 2.